The number of rotatable bonds is 9. The number of carbonyl (C=O) groups excluding carboxylic acids is 2. The Labute approximate surface area is 214 Å². The van der Waals surface area contributed by atoms with E-state index < -0.39 is 36.0 Å². The van der Waals surface area contributed by atoms with Gasteiger partial charge in [-0.05, 0) is 25.3 Å². The van der Waals surface area contributed by atoms with E-state index in [0.29, 0.717) is 22.8 Å². The van der Waals surface area contributed by atoms with Crippen LogP contribution in [-0.4, -0.2) is 63.0 Å². The molecule has 1 N–H and O–H groups in total. The number of aryl methyl sites for hydroxylation is 1. The first-order valence-corrected chi connectivity index (χ1v) is 12.2. The number of ether oxygens (including phenoxy) is 3. The predicted molar refractivity (Wildman–Crippen MR) is 133 cm³/mol. The number of nitrogens with zero attached hydrogens (tertiary/aromatic N) is 4. The van der Waals surface area contributed by atoms with Gasteiger partial charge in [-0.15, -0.1) is 0 Å². The van der Waals surface area contributed by atoms with Gasteiger partial charge in [-0.2, -0.15) is 0 Å². The summed E-state index contributed by atoms with van der Waals surface area (Å²) in [5.41, 5.74) is -0.596. The molecule has 37 heavy (non-hydrogen) atoms. The lowest BCUT2D eigenvalue weighted by molar-refractivity contribution is -0.161. The van der Waals surface area contributed by atoms with Crippen LogP contribution in [-0.2, 0) is 30.2 Å². The maximum atomic E-state index is 16.5. The normalized spacial score (nSPS) is 23.4. The summed E-state index contributed by atoms with van der Waals surface area (Å²) in [6.45, 7) is 6.46. The van der Waals surface area contributed by atoms with Crippen LogP contribution in [0, 0.1) is 12.8 Å². The Morgan fingerprint density at radius 2 is 1.95 bits per heavy atom. The van der Waals surface area contributed by atoms with E-state index in [2.05, 4.69) is 20.3 Å². The van der Waals surface area contributed by atoms with Crippen molar-refractivity contribution in [1.29, 1.82) is 0 Å². The monoisotopic (exact) mass is 513 g/mol. The molecule has 1 aliphatic rings. The molecule has 0 bridgehead atoms. The molecule has 0 amide bonds. The van der Waals surface area contributed by atoms with Crippen molar-refractivity contribution in [2.75, 3.05) is 19.0 Å². The van der Waals surface area contributed by atoms with Crippen molar-refractivity contribution in [3.05, 3.63) is 48.0 Å². The van der Waals surface area contributed by atoms with E-state index in [4.69, 9.17) is 14.2 Å². The molecule has 3 heterocycles. The van der Waals surface area contributed by atoms with E-state index in [-0.39, 0.29) is 25.4 Å². The third-order valence-electron chi connectivity index (χ3n) is 6.14. The van der Waals surface area contributed by atoms with Crippen LogP contribution in [0.2, 0.25) is 0 Å². The Kier molecular flexibility index (Phi) is 7.72. The summed E-state index contributed by atoms with van der Waals surface area (Å²) in [5, 5.41) is 2.96. The highest BCUT2D eigenvalue weighted by Crippen LogP contribution is 2.44. The van der Waals surface area contributed by atoms with Crippen molar-refractivity contribution < 1.29 is 28.2 Å². The Balaban J connectivity index is 1.60. The van der Waals surface area contributed by atoms with E-state index in [1.807, 2.05) is 44.2 Å². The smallest absolute Gasteiger partial charge is 0.310 e. The van der Waals surface area contributed by atoms with E-state index in [1.165, 1.54) is 17.8 Å². The second kappa shape index (κ2) is 10.8. The Hall–Kier alpha value is -3.60. The molecule has 0 radical (unpaired) electrons. The molecule has 198 valence electrons. The third-order valence-corrected chi connectivity index (χ3v) is 6.14. The van der Waals surface area contributed by atoms with Crippen molar-refractivity contribution in [3.63, 3.8) is 0 Å². The highest BCUT2D eigenvalue weighted by molar-refractivity contribution is 5.83. The molecule has 4 atom stereocenters. The molecule has 0 aliphatic carbocycles. The molecule has 1 fully saturated rings. The first kappa shape index (κ1) is 26.5. The number of nitrogens with one attached hydrogen (secondary N) is 1. The summed E-state index contributed by atoms with van der Waals surface area (Å²) in [5.74, 6) is -0.0773. The van der Waals surface area contributed by atoms with Crippen molar-refractivity contribution in [1.82, 2.24) is 19.5 Å². The van der Waals surface area contributed by atoms with Crippen LogP contribution >= 0.6 is 0 Å². The molecule has 1 aromatic carbocycles. The second-order valence-corrected chi connectivity index (χ2v) is 9.73. The molecule has 1 aliphatic heterocycles. The van der Waals surface area contributed by atoms with Gasteiger partial charge in [0.1, 0.15) is 18.5 Å². The molecule has 0 saturated carbocycles. The van der Waals surface area contributed by atoms with Gasteiger partial charge in [0, 0.05) is 13.5 Å². The Morgan fingerprint density at radius 3 is 2.62 bits per heavy atom. The minimum atomic E-state index is -2.19. The lowest BCUT2D eigenvalue weighted by atomic mass is 9.98. The maximum Gasteiger partial charge on any atom is 0.310 e. The number of benzene rings is 1. The molecule has 3 aromatic rings. The molecular formula is C26H32FN5O5. The molecule has 4 rings (SSSR count). The first-order valence-electron chi connectivity index (χ1n) is 12.2. The highest BCUT2D eigenvalue weighted by atomic mass is 19.1. The number of hydrogen-bond acceptors (Lipinski definition) is 9. The van der Waals surface area contributed by atoms with Crippen LogP contribution in [0.15, 0.2) is 36.7 Å². The van der Waals surface area contributed by atoms with Crippen molar-refractivity contribution in [2.45, 2.75) is 64.6 Å². The molecule has 1 saturated heterocycles. The second-order valence-electron chi connectivity index (χ2n) is 9.73. The molecule has 10 nitrogen and oxygen atoms in total. The van der Waals surface area contributed by atoms with Crippen LogP contribution in [0.3, 0.4) is 0 Å². The number of fused-ring (bicyclic) bond motifs is 1. The van der Waals surface area contributed by atoms with Gasteiger partial charge in [0.15, 0.2) is 35.0 Å². The molecule has 2 aromatic heterocycles. The summed E-state index contributed by atoms with van der Waals surface area (Å²) < 4.78 is 35.1. The molecular weight excluding hydrogens is 481 g/mol. The van der Waals surface area contributed by atoms with Gasteiger partial charge >= 0.3 is 11.9 Å². The van der Waals surface area contributed by atoms with Gasteiger partial charge in [-0.3, -0.25) is 14.2 Å². The maximum absolute atomic E-state index is 16.5. The van der Waals surface area contributed by atoms with Crippen molar-refractivity contribution in [3.8, 4) is 0 Å². The molecule has 0 spiro atoms. The van der Waals surface area contributed by atoms with Gasteiger partial charge in [-0.1, -0.05) is 44.2 Å². The zero-order chi connectivity index (χ0) is 26.7. The lowest BCUT2D eigenvalue weighted by Crippen LogP contribution is -2.44. The van der Waals surface area contributed by atoms with Gasteiger partial charge in [-0.25, -0.2) is 19.3 Å². The minimum absolute atomic E-state index is 0.0240. The Bertz CT molecular complexity index is 1260. The highest BCUT2D eigenvalue weighted by Gasteiger charge is 2.58. The summed E-state index contributed by atoms with van der Waals surface area (Å²) >= 11 is 0. The van der Waals surface area contributed by atoms with Gasteiger partial charge < -0.3 is 19.5 Å². The van der Waals surface area contributed by atoms with Crippen LogP contribution in [0.25, 0.3) is 11.2 Å². The number of carbonyl (C=O) groups is 2. The predicted octanol–water partition coefficient (Wildman–Crippen LogP) is 3.55. The molecule has 0 unspecified atom stereocenters. The molecule has 11 heteroatoms. The fourth-order valence-electron chi connectivity index (χ4n) is 4.41. The fraction of sp³-hybridized carbons (Fsp3) is 0.500. The zero-order valence-corrected chi connectivity index (χ0v) is 21.6. The SMILES string of the molecule is CNc1nc(C)nc2c1ncn2[C@@H]1O[C@H](COC(=O)Cc2ccccc2)[C@@H](OC(=O)CC(C)C)[C@@]1(C)F. The standard InChI is InChI=1S/C26H32FN5O5/c1-15(2)11-20(34)37-22-18(13-35-19(33)12-17-9-7-6-8-10-17)36-25(26(22,4)27)32-14-29-21-23(28-5)30-16(3)31-24(21)32/h6-10,14-15,18,22,25H,11-13H2,1-5H3,(H,28,30,31)/t18-,22-,25-,26-/m1/s1. The van der Waals surface area contributed by atoms with E-state index >= 15 is 4.39 Å². The number of imidazole rings is 1. The van der Waals surface area contributed by atoms with Crippen molar-refractivity contribution >= 4 is 28.9 Å². The first-order chi connectivity index (χ1) is 17.6. The van der Waals surface area contributed by atoms with E-state index in [1.54, 1.807) is 14.0 Å². The average molecular weight is 514 g/mol. The topological polar surface area (TPSA) is 117 Å². The van der Waals surface area contributed by atoms with E-state index in [0.717, 1.165) is 5.56 Å². The summed E-state index contributed by atoms with van der Waals surface area (Å²) in [4.78, 5) is 38.1. The summed E-state index contributed by atoms with van der Waals surface area (Å²) in [7, 11) is 1.70. The van der Waals surface area contributed by atoms with E-state index in [9.17, 15) is 9.59 Å². The van der Waals surface area contributed by atoms with Crippen molar-refractivity contribution in [2.24, 2.45) is 5.92 Å². The Morgan fingerprint density at radius 1 is 1.22 bits per heavy atom. The average Bonchev–Trinajstić information content (AvgIpc) is 3.35. The number of alkyl halides is 1. The summed E-state index contributed by atoms with van der Waals surface area (Å²) in [6, 6.07) is 9.13. The number of aromatic nitrogens is 4. The lowest BCUT2D eigenvalue weighted by Gasteiger charge is -2.28. The van der Waals surface area contributed by atoms with Gasteiger partial charge in [0.2, 0.25) is 0 Å². The number of anilines is 1. The van der Waals surface area contributed by atoms with Crippen LogP contribution in [0.4, 0.5) is 10.2 Å². The minimum Gasteiger partial charge on any atom is -0.463 e. The van der Waals surface area contributed by atoms with Crippen LogP contribution < -0.4 is 5.32 Å². The number of esters is 2. The van der Waals surface area contributed by atoms with Gasteiger partial charge in [0.05, 0.1) is 12.7 Å². The van der Waals surface area contributed by atoms with Gasteiger partial charge in [0.25, 0.3) is 0 Å². The number of hydrogen-bond donors (Lipinski definition) is 1. The van der Waals surface area contributed by atoms with Crippen LogP contribution in [0.1, 0.15) is 44.8 Å². The van der Waals surface area contributed by atoms with Crippen LogP contribution in [0.5, 0.6) is 0 Å². The largest absolute Gasteiger partial charge is 0.463 e. The number of halogens is 1. The quantitative estimate of drug-likeness (QED) is 0.429. The third kappa shape index (κ3) is 5.71. The zero-order valence-electron chi connectivity index (χ0n) is 21.6. The fourth-order valence-corrected chi connectivity index (χ4v) is 4.41. The summed E-state index contributed by atoms with van der Waals surface area (Å²) in [6.07, 6.45) is -2.02.